The SMILES string of the molecule is COC(=O)c1c(NC(=O)OC(C)(C)C)c[nH]c1C. The van der Waals surface area contributed by atoms with E-state index in [1.165, 1.54) is 13.3 Å². The quantitative estimate of drug-likeness (QED) is 0.794. The van der Waals surface area contributed by atoms with Crippen LogP contribution in [-0.2, 0) is 9.47 Å². The molecule has 6 nitrogen and oxygen atoms in total. The van der Waals surface area contributed by atoms with E-state index in [0.29, 0.717) is 16.9 Å². The van der Waals surface area contributed by atoms with E-state index in [0.717, 1.165) is 0 Å². The van der Waals surface area contributed by atoms with E-state index in [-0.39, 0.29) is 0 Å². The molecular formula is C12H18N2O4. The largest absolute Gasteiger partial charge is 0.465 e. The Morgan fingerprint density at radius 2 is 1.94 bits per heavy atom. The van der Waals surface area contributed by atoms with Gasteiger partial charge in [-0.1, -0.05) is 0 Å². The maximum absolute atomic E-state index is 11.6. The molecule has 0 aromatic carbocycles. The Hall–Kier alpha value is -1.98. The number of aromatic amines is 1. The van der Waals surface area contributed by atoms with Gasteiger partial charge >= 0.3 is 12.1 Å². The fraction of sp³-hybridized carbons (Fsp3) is 0.500. The molecule has 0 spiro atoms. The third-order valence-corrected chi connectivity index (χ3v) is 2.10. The second-order valence-electron chi connectivity index (χ2n) is 4.82. The highest BCUT2D eigenvalue weighted by atomic mass is 16.6. The predicted octanol–water partition coefficient (Wildman–Crippen LogP) is 2.46. The normalized spacial score (nSPS) is 10.9. The molecule has 0 radical (unpaired) electrons. The lowest BCUT2D eigenvalue weighted by molar-refractivity contribution is 0.0601. The number of rotatable bonds is 2. The summed E-state index contributed by atoms with van der Waals surface area (Å²) in [5, 5.41) is 2.51. The van der Waals surface area contributed by atoms with Gasteiger partial charge in [-0.05, 0) is 27.7 Å². The van der Waals surface area contributed by atoms with Gasteiger partial charge in [-0.3, -0.25) is 5.32 Å². The van der Waals surface area contributed by atoms with Crippen molar-refractivity contribution in [3.05, 3.63) is 17.5 Å². The summed E-state index contributed by atoms with van der Waals surface area (Å²) in [6.07, 6.45) is 0.901. The number of H-pyrrole nitrogens is 1. The van der Waals surface area contributed by atoms with Crippen LogP contribution in [0, 0.1) is 6.92 Å². The van der Waals surface area contributed by atoms with Gasteiger partial charge in [0, 0.05) is 11.9 Å². The second-order valence-corrected chi connectivity index (χ2v) is 4.82. The minimum absolute atomic E-state index is 0.295. The van der Waals surface area contributed by atoms with Crippen molar-refractivity contribution in [2.45, 2.75) is 33.3 Å². The average molecular weight is 254 g/mol. The van der Waals surface area contributed by atoms with Crippen molar-refractivity contribution < 1.29 is 19.1 Å². The van der Waals surface area contributed by atoms with Crippen molar-refractivity contribution >= 4 is 17.7 Å². The van der Waals surface area contributed by atoms with Crippen LogP contribution >= 0.6 is 0 Å². The average Bonchev–Trinajstić information content (AvgIpc) is 2.56. The third kappa shape index (κ3) is 3.51. The standard InChI is InChI=1S/C12H18N2O4/c1-7-9(10(15)17-5)8(6-13-7)14-11(16)18-12(2,3)4/h6,13H,1-5H3,(H,14,16). The van der Waals surface area contributed by atoms with Crippen molar-refractivity contribution in [1.82, 2.24) is 4.98 Å². The van der Waals surface area contributed by atoms with Crippen LogP contribution in [0.5, 0.6) is 0 Å². The molecule has 1 heterocycles. The van der Waals surface area contributed by atoms with E-state index in [9.17, 15) is 9.59 Å². The van der Waals surface area contributed by atoms with Crippen LogP contribution in [0.2, 0.25) is 0 Å². The van der Waals surface area contributed by atoms with Crippen molar-refractivity contribution in [3.63, 3.8) is 0 Å². The lowest BCUT2D eigenvalue weighted by Gasteiger charge is -2.19. The van der Waals surface area contributed by atoms with Gasteiger partial charge in [0.05, 0.1) is 12.8 Å². The number of esters is 1. The Balaban J connectivity index is 2.86. The first-order chi connectivity index (χ1) is 8.24. The van der Waals surface area contributed by atoms with Crippen molar-refractivity contribution in [1.29, 1.82) is 0 Å². The summed E-state index contributed by atoms with van der Waals surface area (Å²) in [6.45, 7) is 7.00. The molecule has 1 aromatic heterocycles. The van der Waals surface area contributed by atoms with E-state index in [1.807, 2.05) is 0 Å². The van der Waals surface area contributed by atoms with Crippen molar-refractivity contribution in [3.8, 4) is 0 Å². The Morgan fingerprint density at radius 3 is 2.44 bits per heavy atom. The van der Waals surface area contributed by atoms with E-state index in [4.69, 9.17) is 4.74 Å². The minimum atomic E-state index is -0.619. The molecule has 0 bridgehead atoms. The van der Waals surface area contributed by atoms with Crippen LogP contribution in [0.25, 0.3) is 0 Å². The molecule has 18 heavy (non-hydrogen) atoms. The Labute approximate surface area is 106 Å². The summed E-state index contributed by atoms with van der Waals surface area (Å²) in [4.78, 5) is 26.0. The van der Waals surface area contributed by atoms with Gasteiger partial charge in [-0.2, -0.15) is 0 Å². The van der Waals surface area contributed by atoms with E-state index >= 15 is 0 Å². The summed E-state index contributed by atoms with van der Waals surface area (Å²) >= 11 is 0. The van der Waals surface area contributed by atoms with Crippen LogP contribution in [0.3, 0.4) is 0 Å². The summed E-state index contributed by atoms with van der Waals surface area (Å²) in [6, 6.07) is 0. The first kappa shape index (κ1) is 14.1. The maximum Gasteiger partial charge on any atom is 0.412 e. The fourth-order valence-electron chi connectivity index (χ4n) is 1.40. The molecule has 0 fully saturated rings. The highest BCUT2D eigenvalue weighted by molar-refractivity contribution is 6.00. The highest BCUT2D eigenvalue weighted by Gasteiger charge is 2.21. The number of ether oxygens (including phenoxy) is 2. The first-order valence-corrected chi connectivity index (χ1v) is 5.51. The van der Waals surface area contributed by atoms with Crippen LogP contribution in [0.15, 0.2) is 6.20 Å². The zero-order chi connectivity index (χ0) is 13.9. The number of carbonyl (C=O) groups is 2. The van der Waals surface area contributed by atoms with Gasteiger partial charge in [0.15, 0.2) is 0 Å². The minimum Gasteiger partial charge on any atom is -0.465 e. The fourth-order valence-corrected chi connectivity index (χ4v) is 1.40. The predicted molar refractivity (Wildman–Crippen MR) is 66.7 cm³/mol. The molecule has 0 aliphatic heterocycles. The van der Waals surface area contributed by atoms with Crippen LogP contribution in [0.1, 0.15) is 36.8 Å². The van der Waals surface area contributed by atoms with Crippen LogP contribution in [-0.4, -0.2) is 29.8 Å². The number of hydrogen-bond donors (Lipinski definition) is 2. The van der Waals surface area contributed by atoms with E-state index in [2.05, 4.69) is 15.0 Å². The van der Waals surface area contributed by atoms with Crippen molar-refractivity contribution in [2.75, 3.05) is 12.4 Å². The molecule has 1 aromatic rings. The molecule has 2 N–H and O–H groups in total. The molecule has 0 atom stereocenters. The number of aryl methyl sites for hydroxylation is 1. The smallest absolute Gasteiger partial charge is 0.412 e. The molecule has 0 aliphatic carbocycles. The molecule has 1 amide bonds. The van der Waals surface area contributed by atoms with Gasteiger partial charge in [-0.15, -0.1) is 0 Å². The van der Waals surface area contributed by atoms with E-state index in [1.54, 1.807) is 27.7 Å². The van der Waals surface area contributed by atoms with E-state index < -0.39 is 17.7 Å². The Morgan fingerprint density at radius 1 is 1.33 bits per heavy atom. The number of nitrogens with one attached hydrogen (secondary N) is 2. The molecule has 0 unspecified atom stereocenters. The maximum atomic E-state index is 11.6. The molecule has 0 saturated carbocycles. The molecule has 6 heteroatoms. The molecular weight excluding hydrogens is 236 g/mol. The van der Waals surface area contributed by atoms with Gasteiger partial charge in [0.1, 0.15) is 11.2 Å². The number of methoxy groups -OCH3 is 1. The lowest BCUT2D eigenvalue weighted by atomic mass is 10.2. The van der Waals surface area contributed by atoms with Crippen molar-refractivity contribution in [2.24, 2.45) is 0 Å². The van der Waals surface area contributed by atoms with Crippen LogP contribution < -0.4 is 5.32 Å². The number of hydrogen-bond acceptors (Lipinski definition) is 4. The van der Waals surface area contributed by atoms with Gasteiger partial charge in [0.25, 0.3) is 0 Å². The van der Waals surface area contributed by atoms with Crippen LogP contribution in [0.4, 0.5) is 10.5 Å². The number of anilines is 1. The third-order valence-electron chi connectivity index (χ3n) is 2.10. The molecule has 0 saturated heterocycles. The molecule has 0 aliphatic rings. The highest BCUT2D eigenvalue weighted by Crippen LogP contribution is 2.21. The zero-order valence-electron chi connectivity index (χ0n) is 11.2. The zero-order valence-corrected chi connectivity index (χ0v) is 11.2. The van der Waals surface area contributed by atoms with Gasteiger partial charge < -0.3 is 14.5 Å². The lowest BCUT2D eigenvalue weighted by Crippen LogP contribution is -2.27. The summed E-state index contributed by atoms with van der Waals surface area (Å²) in [5.41, 5.74) is 0.658. The van der Waals surface area contributed by atoms with Gasteiger partial charge in [-0.25, -0.2) is 9.59 Å². The summed E-state index contributed by atoms with van der Waals surface area (Å²) in [5.74, 6) is -0.514. The monoisotopic (exact) mass is 254 g/mol. The Bertz CT molecular complexity index is 457. The number of carbonyl (C=O) groups excluding carboxylic acids is 2. The first-order valence-electron chi connectivity index (χ1n) is 5.51. The summed E-state index contributed by atoms with van der Waals surface area (Å²) < 4.78 is 9.75. The Kier molecular flexibility index (Phi) is 4.00. The topological polar surface area (TPSA) is 80.4 Å². The van der Waals surface area contributed by atoms with Gasteiger partial charge in [0.2, 0.25) is 0 Å². The summed E-state index contributed by atoms with van der Waals surface area (Å²) in [7, 11) is 1.28. The number of amides is 1. The number of aromatic nitrogens is 1. The molecule has 1 rings (SSSR count). The molecule has 100 valence electrons. The second kappa shape index (κ2) is 5.12.